The Morgan fingerprint density at radius 3 is 1.73 bits per heavy atom. The number of aliphatic hydroxyl groups excluding tert-OH is 1. The van der Waals surface area contributed by atoms with Gasteiger partial charge in [-0.15, -0.1) is 0 Å². The number of rotatable bonds is 17. The lowest BCUT2D eigenvalue weighted by Gasteiger charge is -2.03. The third-order valence-corrected chi connectivity index (χ3v) is 3.93. The summed E-state index contributed by atoms with van der Waals surface area (Å²) in [5.74, 6) is 0. The first-order valence-electron chi connectivity index (χ1n) is 9.02. The summed E-state index contributed by atoms with van der Waals surface area (Å²) in [4.78, 5) is 0. The van der Waals surface area contributed by atoms with Crippen LogP contribution < -0.4 is 21.3 Å². The summed E-state index contributed by atoms with van der Waals surface area (Å²) in [6.07, 6.45) is 6.13. The van der Waals surface area contributed by atoms with Gasteiger partial charge in [-0.2, -0.15) is 0 Å². The van der Waals surface area contributed by atoms with E-state index in [1.54, 1.807) is 11.1 Å². The van der Waals surface area contributed by atoms with Gasteiger partial charge in [0.1, 0.15) is 0 Å². The van der Waals surface area contributed by atoms with Crippen LogP contribution in [-0.2, 0) is 0 Å². The van der Waals surface area contributed by atoms with Gasteiger partial charge in [-0.1, -0.05) is 18.1 Å². The van der Waals surface area contributed by atoms with Crippen molar-refractivity contribution in [2.75, 3.05) is 59.0 Å². The first-order valence-corrected chi connectivity index (χ1v) is 9.02. The smallest absolute Gasteiger partial charge is 0.0555 e. The highest BCUT2D eigenvalue weighted by molar-refractivity contribution is 5.37. The number of nitrogens with one attached hydrogen (secondary N) is 4. The van der Waals surface area contributed by atoms with Gasteiger partial charge in [0.2, 0.25) is 0 Å². The molecular weight excluding hydrogens is 276 g/mol. The van der Waals surface area contributed by atoms with E-state index in [1.165, 1.54) is 32.1 Å². The van der Waals surface area contributed by atoms with Crippen LogP contribution in [0.25, 0.3) is 0 Å². The van der Waals surface area contributed by atoms with Crippen molar-refractivity contribution in [1.29, 1.82) is 0 Å². The van der Waals surface area contributed by atoms with Gasteiger partial charge in [0.25, 0.3) is 0 Å². The van der Waals surface area contributed by atoms with E-state index in [4.69, 9.17) is 5.11 Å². The standard InChI is InChI=1S/C17H36N4O/c1-2-18-7-3-5-9-20-14-16-13-17(16)15-21-10-6-4-8-19-11-12-22/h18-22H,2-15H2,1H3. The van der Waals surface area contributed by atoms with Crippen LogP contribution in [0, 0.1) is 0 Å². The zero-order valence-electron chi connectivity index (χ0n) is 14.3. The van der Waals surface area contributed by atoms with Crippen LogP contribution in [0.15, 0.2) is 11.1 Å². The minimum absolute atomic E-state index is 0.235. The number of hydrogen-bond donors (Lipinski definition) is 5. The first-order chi connectivity index (χ1) is 10.9. The highest BCUT2D eigenvalue weighted by atomic mass is 16.3. The lowest BCUT2D eigenvalue weighted by molar-refractivity contribution is 0.292. The van der Waals surface area contributed by atoms with Crippen LogP contribution in [0.5, 0.6) is 0 Å². The molecule has 0 spiro atoms. The summed E-state index contributed by atoms with van der Waals surface area (Å²) in [7, 11) is 0. The monoisotopic (exact) mass is 312 g/mol. The highest BCUT2D eigenvalue weighted by Gasteiger charge is 2.19. The van der Waals surface area contributed by atoms with Crippen LogP contribution >= 0.6 is 0 Å². The molecule has 0 aromatic heterocycles. The Hall–Kier alpha value is -0.460. The van der Waals surface area contributed by atoms with Crippen LogP contribution in [0.4, 0.5) is 0 Å². The van der Waals surface area contributed by atoms with Crippen molar-refractivity contribution in [3.8, 4) is 0 Å². The molecular formula is C17H36N4O. The van der Waals surface area contributed by atoms with E-state index in [9.17, 15) is 0 Å². The molecule has 0 bridgehead atoms. The molecule has 0 aromatic carbocycles. The van der Waals surface area contributed by atoms with Gasteiger partial charge >= 0.3 is 0 Å². The van der Waals surface area contributed by atoms with Crippen molar-refractivity contribution in [3.05, 3.63) is 11.1 Å². The lowest BCUT2D eigenvalue weighted by Crippen LogP contribution is -2.21. The largest absolute Gasteiger partial charge is 0.395 e. The number of aliphatic hydroxyl groups is 1. The van der Waals surface area contributed by atoms with Gasteiger partial charge in [-0.25, -0.2) is 0 Å². The molecule has 0 radical (unpaired) electrons. The molecule has 0 heterocycles. The molecule has 1 rings (SSSR count). The Morgan fingerprint density at radius 2 is 1.23 bits per heavy atom. The van der Waals surface area contributed by atoms with Gasteiger partial charge in [0.05, 0.1) is 6.61 Å². The molecule has 5 N–H and O–H groups in total. The Balaban J connectivity index is 1.80. The molecule has 1 aliphatic carbocycles. The van der Waals surface area contributed by atoms with Gasteiger partial charge < -0.3 is 26.4 Å². The first kappa shape index (κ1) is 19.6. The van der Waals surface area contributed by atoms with Crippen LogP contribution in [0.1, 0.15) is 39.0 Å². The van der Waals surface area contributed by atoms with Crippen molar-refractivity contribution in [3.63, 3.8) is 0 Å². The van der Waals surface area contributed by atoms with Gasteiger partial charge in [0, 0.05) is 19.6 Å². The maximum absolute atomic E-state index is 8.64. The summed E-state index contributed by atoms with van der Waals surface area (Å²) in [6.45, 7) is 10.7. The molecule has 22 heavy (non-hydrogen) atoms. The molecule has 0 atom stereocenters. The Morgan fingerprint density at radius 1 is 0.727 bits per heavy atom. The van der Waals surface area contributed by atoms with E-state index < -0.39 is 0 Å². The van der Waals surface area contributed by atoms with Crippen LogP contribution in [-0.4, -0.2) is 64.1 Å². The van der Waals surface area contributed by atoms with Gasteiger partial charge in [-0.05, 0) is 64.8 Å². The second kappa shape index (κ2) is 14.2. The van der Waals surface area contributed by atoms with Crippen LogP contribution in [0.2, 0.25) is 0 Å². The van der Waals surface area contributed by atoms with E-state index in [1.807, 2.05) is 0 Å². The van der Waals surface area contributed by atoms with Crippen molar-refractivity contribution < 1.29 is 5.11 Å². The van der Waals surface area contributed by atoms with E-state index in [0.717, 1.165) is 45.8 Å². The molecule has 130 valence electrons. The topological polar surface area (TPSA) is 68.3 Å². The molecule has 0 saturated heterocycles. The molecule has 0 aliphatic heterocycles. The average molecular weight is 313 g/mol. The maximum atomic E-state index is 8.64. The second-order valence-corrected chi connectivity index (χ2v) is 5.98. The van der Waals surface area contributed by atoms with Crippen molar-refractivity contribution in [1.82, 2.24) is 21.3 Å². The molecule has 0 aromatic rings. The third-order valence-electron chi connectivity index (χ3n) is 3.93. The zero-order valence-corrected chi connectivity index (χ0v) is 14.3. The highest BCUT2D eigenvalue weighted by Crippen LogP contribution is 2.28. The minimum atomic E-state index is 0.235. The van der Waals surface area contributed by atoms with Crippen molar-refractivity contribution in [2.24, 2.45) is 0 Å². The summed E-state index contributed by atoms with van der Waals surface area (Å²) in [5.41, 5.74) is 3.22. The fourth-order valence-electron chi connectivity index (χ4n) is 2.45. The molecule has 5 heteroatoms. The van der Waals surface area contributed by atoms with E-state index in [0.29, 0.717) is 6.54 Å². The average Bonchev–Trinajstić information content (AvgIpc) is 3.27. The van der Waals surface area contributed by atoms with Gasteiger partial charge in [-0.3, -0.25) is 0 Å². The predicted octanol–water partition coefficient (Wildman–Crippen LogP) is 0.618. The SMILES string of the molecule is CCNCCCCNCC1=C(CNCCCCNCCO)C1. The molecule has 0 amide bonds. The predicted molar refractivity (Wildman–Crippen MR) is 94.3 cm³/mol. The van der Waals surface area contributed by atoms with E-state index in [2.05, 4.69) is 28.2 Å². The molecule has 0 saturated carbocycles. The normalized spacial score (nSPS) is 13.9. The maximum Gasteiger partial charge on any atom is 0.0555 e. The Kier molecular flexibility index (Phi) is 12.6. The summed E-state index contributed by atoms with van der Waals surface area (Å²) >= 11 is 0. The van der Waals surface area contributed by atoms with Crippen molar-refractivity contribution >= 4 is 0 Å². The summed E-state index contributed by atoms with van der Waals surface area (Å²) < 4.78 is 0. The molecule has 0 fully saturated rings. The minimum Gasteiger partial charge on any atom is -0.395 e. The van der Waals surface area contributed by atoms with E-state index >= 15 is 0 Å². The zero-order chi connectivity index (χ0) is 15.9. The van der Waals surface area contributed by atoms with E-state index in [-0.39, 0.29) is 6.61 Å². The third kappa shape index (κ3) is 11.2. The molecule has 0 unspecified atom stereocenters. The Bertz CT molecular complexity index is 294. The number of unbranched alkanes of at least 4 members (excludes halogenated alkanes) is 2. The second-order valence-electron chi connectivity index (χ2n) is 5.98. The van der Waals surface area contributed by atoms with Crippen molar-refractivity contribution in [2.45, 2.75) is 39.0 Å². The fourth-order valence-corrected chi connectivity index (χ4v) is 2.45. The molecule has 1 aliphatic rings. The van der Waals surface area contributed by atoms with Crippen LogP contribution in [0.3, 0.4) is 0 Å². The lowest BCUT2D eigenvalue weighted by atomic mass is 10.3. The van der Waals surface area contributed by atoms with Gasteiger partial charge in [0.15, 0.2) is 0 Å². The molecule has 5 nitrogen and oxygen atoms in total. The summed E-state index contributed by atoms with van der Waals surface area (Å²) in [5, 5.41) is 22.3. The summed E-state index contributed by atoms with van der Waals surface area (Å²) in [6, 6.07) is 0. The quantitative estimate of drug-likeness (QED) is 0.201. The number of hydrogen-bond acceptors (Lipinski definition) is 5. The fraction of sp³-hybridized carbons (Fsp3) is 0.882. The Labute approximate surface area is 136 Å².